The summed E-state index contributed by atoms with van der Waals surface area (Å²) in [6.45, 7) is 4.58. The summed E-state index contributed by atoms with van der Waals surface area (Å²) in [6, 6.07) is 19.8. The quantitative estimate of drug-likeness (QED) is 0.712. The first-order chi connectivity index (χ1) is 8.78. The lowest BCUT2D eigenvalue weighted by atomic mass is 9.99. The first-order valence-corrected chi connectivity index (χ1v) is 7.69. The van der Waals surface area contributed by atoms with E-state index in [1.54, 1.807) is 0 Å². The van der Waals surface area contributed by atoms with Gasteiger partial charge in [-0.25, -0.2) is 0 Å². The normalized spacial score (nSPS) is 13.0. The first kappa shape index (κ1) is 13.3. The molecule has 0 fully saturated rings. The monoisotopic (exact) mass is 256 g/mol. The van der Waals surface area contributed by atoms with Crippen LogP contribution >= 0.6 is 8.58 Å². The summed E-state index contributed by atoms with van der Waals surface area (Å²) < 4.78 is 0. The van der Waals surface area contributed by atoms with Gasteiger partial charge in [0.1, 0.15) is 0 Å². The number of benzene rings is 2. The molecule has 2 rings (SSSR count). The third kappa shape index (κ3) is 3.96. The Morgan fingerprint density at radius 3 is 2.11 bits per heavy atom. The zero-order valence-corrected chi connectivity index (χ0v) is 12.2. The fourth-order valence-electron chi connectivity index (χ4n) is 1.96. The van der Waals surface area contributed by atoms with Crippen molar-refractivity contribution in [1.82, 2.24) is 0 Å². The van der Waals surface area contributed by atoms with Crippen LogP contribution in [0.25, 0.3) is 0 Å². The van der Waals surface area contributed by atoms with Crippen LogP contribution in [0, 0.1) is 5.92 Å². The first-order valence-electron chi connectivity index (χ1n) is 6.69. The molecule has 0 radical (unpaired) electrons. The van der Waals surface area contributed by atoms with Gasteiger partial charge in [0, 0.05) is 0 Å². The standard InChI is InChI=1S/C17H21P/c1-3-14(2)13-15-9-11-17(12-10-15)18-16-7-5-4-6-8-16/h4-12,14,18H,3,13H2,1-2H3/t14-/m0/s1. The van der Waals surface area contributed by atoms with E-state index < -0.39 is 0 Å². The van der Waals surface area contributed by atoms with Crippen molar-refractivity contribution in [3.63, 3.8) is 0 Å². The van der Waals surface area contributed by atoms with E-state index in [1.807, 2.05) is 0 Å². The van der Waals surface area contributed by atoms with Crippen molar-refractivity contribution < 1.29 is 0 Å². The molecule has 0 aromatic heterocycles. The van der Waals surface area contributed by atoms with E-state index in [0.717, 1.165) is 14.5 Å². The molecule has 1 heteroatoms. The van der Waals surface area contributed by atoms with E-state index in [1.165, 1.54) is 29.0 Å². The van der Waals surface area contributed by atoms with Gasteiger partial charge >= 0.3 is 0 Å². The van der Waals surface area contributed by atoms with E-state index >= 15 is 0 Å². The Morgan fingerprint density at radius 1 is 0.889 bits per heavy atom. The number of hydrogen-bond donors (Lipinski definition) is 0. The Labute approximate surface area is 112 Å². The van der Waals surface area contributed by atoms with Crippen molar-refractivity contribution >= 4 is 19.2 Å². The Hall–Kier alpha value is -1.13. The lowest BCUT2D eigenvalue weighted by Gasteiger charge is -2.09. The van der Waals surface area contributed by atoms with Gasteiger partial charge < -0.3 is 0 Å². The van der Waals surface area contributed by atoms with Crippen molar-refractivity contribution in [2.24, 2.45) is 5.92 Å². The van der Waals surface area contributed by atoms with Crippen LogP contribution in [-0.4, -0.2) is 0 Å². The van der Waals surface area contributed by atoms with Crippen LogP contribution in [-0.2, 0) is 6.42 Å². The lowest BCUT2D eigenvalue weighted by molar-refractivity contribution is 0.560. The molecule has 0 saturated heterocycles. The second-order valence-electron chi connectivity index (χ2n) is 4.91. The van der Waals surface area contributed by atoms with E-state index in [2.05, 4.69) is 68.4 Å². The van der Waals surface area contributed by atoms with E-state index in [9.17, 15) is 0 Å². The SMILES string of the molecule is CC[C@H](C)Cc1ccc(Pc2ccccc2)cc1. The Morgan fingerprint density at radius 2 is 1.50 bits per heavy atom. The molecule has 1 unspecified atom stereocenters. The van der Waals surface area contributed by atoms with Gasteiger partial charge in [-0.1, -0.05) is 83.4 Å². The minimum atomic E-state index is 0.769. The maximum Gasteiger partial charge on any atom is -0.0226 e. The van der Waals surface area contributed by atoms with Gasteiger partial charge in [0.2, 0.25) is 0 Å². The van der Waals surface area contributed by atoms with E-state index in [4.69, 9.17) is 0 Å². The summed E-state index contributed by atoms with van der Waals surface area (Å²) in [6.07, 6.45) is 2.46. The molecule has 0 aliphatic heterocycles. The van der Waals surface area contributed by atoms with Crippen LogP contribution in [0.15, 0.2) is 54.6 Å². The molecular formula is C17H21P. The third-order valence-corrected chi connectivity index (χ3v) is 4.54. The molecule has 2 aromatic carbocycles. The van der Waals surface area contributed by atoms with Crippen molar-refractivity contribution in [3.8, 4) is 0 Å². The molecule has 0 N–H and O–H groups in total. The van der Waals surface area contributed by atoms with Crippen molar-refractivity contribution in [2.45, 2.75) is 26.7 Å². The maximum absolute atomic E-state index is 2.32. The lowest BCUT2D eigenvalue weighted by Crippen LogP contribution is -2.04. The fraction of sp³-hybridized carbons (Fsp3) is 0.294. The molecule has 2 atom stereocenters. The van der Waals surface area contributed by atoms with Crippen molar-refractivity contribution in [3.05, 3.63) is 60.2 Å². The van der Waals surface area contributed by atoms with Crippen molar-refractivity contribution in [1.29, 1.82) is 0 Å². The zero-order chi connectivity index (χ0) is 12.8. The highest BCUT2D eigenvalue weighted by molar-refractivity contribution is 7.55. The third-order valence-electron chi connectivity index (χ3n) is 3.30. The van der Waals surface area contributed by atoms with Crippen LogP contribution in [0.3, 0.4) is 0 Å². The van der Waals surface area contributed by atoms with Gasteiger partial charge in [-0.3, -0.25) is 0 Å². The van der Waals surface area contributed by atoms with E-state index in [0.29, 0.717) is 0 Å². The summed E-state index contributed by atoms with van der Waals surface area (Å²) in [5, 5.41) is 2.83. The number of rotatable bonds is 5. The molecule has 18 heavy (non-hydrogen) atoms. The van der Waals surface area contributed by atoms with E-state index in [-0.39, 0.29) is 0 Å². The molecule has 0 nitrogen and oxygen atoms in total. The highest BCUT2D eigenvalue weighted by atomic mass is 31.1. The zero-order valence-electron chi connectivity index (χ0n) is 11.2. The van der Waals surface area contributed by atoms with Crippen LogP contribution < -0.4 is 10.6 Å². The van der Waals surface area contributed by atoms with Gasteiger partial charge in [-0.05, 0) is 28.5 Å². The average molecular weight is 256 g/mol. The van der Waals surface area contributed by atoms with Gasteiger partial charge in [-0.2, -0.15) is 0 Å². The smallest absolute Gasteiger partial charge is 0.0226 e. The minimum absolute atomic E-state index is 0.769. The summed E-state index contributed by atoms with van der Waals surface area (Å²) >= 11 is 0. The molecule has 0 spiro atoms. The summed E-state index contributed by atoms with van der Waals surface area (Å²) in [5.41, 5.74) is 1.46. The topological polar surface area (TPSA) is 0 Å². The predicted octanol–water partition coefficient (Wildman–Crippen LogP) is 3.90. The highest BCUT2D eigenvalue weighted by Crippen LogP contribution is 2.14. The Bertz CT molecular complexity index is 459. The largest absolute Gasteiger partial charge is 0.0651 e. The molecule has 0 bridgehead atoms. The summed E-state index contributed by atoms with van der Waals surface area (Å²) in [4.78, 5) is 0. The second kappa shape index (κ2) is 6.71. The van der Waals surface area contributed by atoms with Crippen molar-refractivity contribution in [2.75, 3.05) is 0 Å². The van der Waals surface area contributed by atoms with Gasteiger partial charge in [0.05, 0.1) is 0 Å². The molecule has 0 saturated carbocycles. The average Bonchev–Trinajstić information content (AvgIpc) is 2.42. The van der Waals surface area contributed by atoms with Gasteiger partial charge in [0.15, 0.2) is 0 Å². The Kier molecular flexibility index (Phi) is 4.96. The predicted molar refractivity (Wildman–Crippen MR) is 83.6 cm³/mol. The fourth-order valence-corrected chi connectivity index (χ4v) is 2.98. The maximum atomic E-state index is 2.32. The van der Waals surface area contributed by atoms with Crippen LogP contribution in [0.4, 0.5) is 0 Å². The van der Waals surface area contributed by atoms with Gasteiger partial charge in [-0.15, -0.1) is 0 Å². The minimum Gasteiger partial charge on any atom is -0.0651 e. The summed E-state index contributed by atoms with van der Waals surface area (Å²) in [5.74, 6) is 0.785. The molecule has 2 aromatic rings. The van der Waals surface area contributed by atoms with Crippen LogP contribution in [0.2, 0.25) is 0 Å². The number of hydrogen-bond acceptors (Lipinski definition) is 0. The Balaban J connectivity index is 2.00. The van der Waals surface area contributed by atoms with Crippen LogP contribution in [0.1, 0.15) is 25.8 Å². The summed E-state index contributed by atoms with van der Waals surface area (Å²) in [7, 11) is 0.769. The molecule has 0 amide bonds. The van der Waals surface area contributed by atoms with Crippen LogP contribution in [0.5, 0.6) is 0 Å². The second-order valence-corrected chi connectivity index (χ2v) is 6.31. The molecule has 0 aliphatic carbocycles. The molecular weight excluding hydrogens is 235 g/mol. The molecule has 0 aliphatic rings. The molecule has 0 heterocycles. The molecule has 94 valence electrons. The van der Waals surface area contributed by atoms with Gasteiger partial charge in [0.25, 0.3) is 0 Å². The highest BCUT2D eigenvalue weighted by Gasteiger charge is 2.01.